The number of likely N-dealkylation sites (tertiary alicyclic amines) is 1. The molecule has 0 aromatic heterocycles. The highest BCUT2D eigenvalue weighted by atomic mass is 16.5. The van der Waals surface area contributed by atoms with E-state index in [4.69, 9.17) is 4.74 Å². The number of unbranched alkanes of at least 4 members (excludes halogenated alkanes) is 1. The lowest BCUT2D eigenvalue weighted by molar-refractivity contribution is 0.0951. The number of piperidine rings is 1. The SMILES string of the molecule is COc1cccc(C(=O)NCCCCN2C[C@H](C)C[C@@H](C)C2)c1. The summed E-state index contributed by atoms with van der Waals surface area (Å²) in [6.45, 7) is 9.01. The smallest absolute Gasteiger partial charge is 0.251 e. The molecule has 1 aliphatic heterocycles. The van der Waals surface area contributed by atoms with E-state index in [2.05, 4.69) is 24.1 Å². The average Bonchev–Trinajstić information content (AvgIpc) is 2.53. The second kappa shape index (κ2) is 8.92. The van der Waals surface area contributed by atoms with Gasteiger partial charge in [0.05, 0.1) is 7.11 Å². The lowest BCUT2D eigenvalue weighted by atomic mass is 9.92. The molecule has 1 aromatic rings. The Labute approximate surface area is 140 Å². The predicted molar refractivity (Wildman–Crippen MR) is 93.9 cm³/mol. The van der Waals surface area contributed by atoms with Gasteiger partial charge in [0.25, 0.3) is 5.91 Å². The van der Waals surface area contributed by atoms with Gasteiger partial charge in [-0.1, -0.05) is 19.9 Å². The number of amides is 1. The lowest BCUT2D eigenvalue weighted by Crippen LogP contribution is -2.39. The van der Waals surface area contributed by atoms with Gasteiger partial charge in [0.15, 0.2) is 0 Å². The minimum Gasteiger partial charge on any atom is -0.497 e. The molecule has 0 bridgehead atoms. The van der Waals surface area contributed by atoms with Gasteiger partial charge in [-0.3, -0.25) is 4.79 Å². The molecule has 2 atom stereocenters. The van der Waals surface area contributed by atoms with E-state index in [-0.39, 0.29) is 5.91 Å². The number of hydrogen-bond donors (Lipinski definition) is 1. The number of hydrogen-bond acceptors (Lipinski definition) is 3. The fourth-order valence-corrected chi connectivity index (χ4v) is 3.50. The van der Waals surface area contributed by atoms with Crippen LogP contribution >= 0.6 is 0 Å². The summed E-state index contributed by atoms with van der Waals surface area (Å²) in [7, 11) is 1.61. The number of nitrogens with zero attached hydrogens (tertiary/aromatic N) is 1. The zero-order chi connectivity index (χ0) is 16.7. The molecule has 23 heavy (non-hydrogen) atoms. The standard InChI is InChI=1S/C19H30N2O2/c1-15-11-16(2)14-21(13-15)10-5-4-9-20-19(22)17-7-6-8-18(12-17)23-3/h6-8,12,15-16H,4-5,9-11,13-14H2,1-3H3,(H,20,22)/t15-,16-/m1/s1. The van der Waals surface area contributed by atoms with Crippen molar-refractivity contribution < 1.29 is 9.53 Å². The highest BCUT2D eigenvalue weighted by Gasteiger charge is 2.20. The first-order chi connectivity index (χ1) is 11.1. The Kier molecular flexibility index (Phi) is 6.90. The van der Waals surface area contributed by atoms with Crippen molar-refractivity contribution in [2.75, 3.05) is 33.3 Å². The Bertz CT molecular complexity index is 494. The molecule has 4 nitrogen and oxygen atoms in total. The molecule has 0 aliphatic carbocycles. The quantitative estimate of drug-likeness (QED) is 0.785. The van der Waals surface area contributed by atoms with Crippen molar-refractivity contribution in [3.8, 4) is 5.75 Å². The number of rotatable bonds is 7. The highest BCUT2D eigenvalue weighted by Crippen LogP contribution is 2.21. The molecule has 128 valence electrons. The third kappa shape index (κ3) is 5.87. The maximum Gasteiger partial charge on any atom is 0.251 e. The number of nitrogens with one attached hydrogen (secondary N) is 1. The van der Waals surface area contributed by atoms with Gasteiger partial charge < -0.3 is 15.0 Å². The monoisotopic (exact) mass is 318 g/mol. The third-order valence-corrected chi connectivity index (χ3v) is 4.46. The number of carbonyl (C=O) groups excluding carboxylic acids is 1. The molecule has 1 heterocycles. The summed E-state index contributed by atoms with van der Waals surface area (Å²) in [6.07, 6.45) is 3.51. The normalized spacial score (nSPS) is 21.9. The van der Waals surface area contributed by atoms with Gasteiger partial charge in [-0.2, -0.15) is 0 Å². The van der Waals surface area contributed by atoms with Crippen molar-refractivity contribution in [1.82, 2.24) is 10.2 Å². The number of carbonyl (C=O) groups is 1. The number of ether oxygens (including phenoxy) is 1. The van der Waals surface area contributed by atoms with Gasteiger partial charge in [-0.25, -0.2) is 0 Å². The molecule has 0 radical (unpaired) electrons. The van der Waals surface area contributed by atoms with Crippen LogP contribution in [0, 0.1) is 11.8 Å². The lowest BCUT2D eigenvalue weighted by Gasteiger charge is -2.34. The van der Waals surface area contributed by atoms with Gasteiger partial charge in [0.2, 0.25) is 0 Å². The molecule has 1 aliphatic rings. The fraction of sp³-hybridized carbons (Fsp3) is 0.632. The summed E-state index contributed by atoms with van der Waals surface area (Å²) in [5.41, 5.74) is 0.656. The van der Waals surface area contributed by atoms with Gasteiger partial charge in [0.1, 0.15) is 5.75 Å². The second-order valence-corrected chi connectivity index (χ2v) is 6.90. The summed E-state index contributed by atoms with van der Waals surface area (Å²) >= 11 is 0. The molecule has 1 fully saturated rings. The van der Waals surface area contributed by atoms with Crippen LogP contribution in [0.3, 0.4) is 0 Å². The minimum atomic E-state index is -0.0240. The maximum atomic E-state index is 12.1. The summed E-state index contributed by atoms with van der Waals surface area (Å²) in [5, 5.41) is 2.99. The van der Waals surface area contributed by atoms with E-state index in [1.54, 1.807) is 13.2 Å². The largest absolute Gasteiger partial charge is 0.497 e. The Hall–Kier alpha value is -1.55. The van der Waals surface area contributed by atoms with Crippen LogP contribution in [0.5, 0.6) is 5.75 Å². The van der Waals surface area contributed by atoms with Crippen LogP contribution in [-0.2, 0) is 0 Å². The van der Waals surface area contributed by atoms with Crippen LogP contribution < -0.4 is 10.1 Å². The molecule has 0 saturated carbocycles. The summed E-state index contributed by atoms with van der Waals surface area (Å²) in [6, 6.07) is 7.27. The van der Waals surface area contributed by atoms with E-state index >= 15 is 0 Å². The average molecular weight is 318 g/mol. The van der Waals surface area contributed by atoms with Crippen molar-refractivity contribution in [1.29, 1.82) is 0 Å². The zero-order valence-corrected chi connectivity index (χ0v) is 14.7. The first-order valence-corrected chi connectivity index (χ1v) is 8.73. The molecule has 1 N–H and O–H groups in total. The van der Waals surface area contributed by atoms with Crippen LogP contribution in [0.1, 0.15) is 43.5 Å². The first kappa shape index (κ1) is 17.8. The van der Waals surface area contributed by atoms with Crippen molar-refractivity contribution in [3.63, 3.8) is 0 Å². The van der Waals surface area contributed by atoms with Gasteiger partial charge in [0, 0.05) is 25.2 Å². The van der Waals surface area contributed by atoms with Crippen molar-refractivity contribution in [2.24, 2.45) is 11.8 Å². The molecule has 1 amide bonds. The molecule has 0 spiro atoms. The maximum absolute atomic E-state index is 12.1. The molecule has 1 aromatic carbocycles. The number of benzene rings is 1. The van der Waals surface area contributed by atoms with E-state index in [0.29, 0.717) is 11.3 Å². The van der Waals surface area contributed by atoms with Gasteiger partial charge in [-0.15, -0.1) is 0 Å². The minimum absolute atomic E-state index is 0.0240. The summed E-state index contributed by atoms with van der Waals surface area (Å²) < 4.78 is 5.15. The fourth-order valence-electron chi connectivity index (χ4n) is 3.50. The molecular formula is C19H30N2O2. The van der Waals surface area contributed by atoms with Crippen molar-refractivity contribution in [2.45, 2.75) is 33.1 Å². The Morgan fingerprint density at radius 1 is 1.26 bits per heavy atom. The predicted octanol–water partition coefficient (Wildman–Crippen LogP) is 3.18. The summed E-state index contributed by atoms with van der Waals surface area (Å²) in [5.74, 6) is 2.31. The second-order valence-electron chi connectivity index (χ2n) is 6.90. The van der Waals surface area contributed by atoms with Crippen LogP contribution in [0.4, 0.5) is 0 Å². The third-order valence-electron chi connectivity index (χ3n) is 4.46. The Morgan fingerprint density at radius 2 is 2.00 bits per heavy atom. The van der Waals surface area contributed by atoms with Crippen molar-refractivity contribution >= 4 is 5.91 Å². The zero-order valence-electron chi connectivity index (χ0n) is 14.7. The Balaban J connectivity index is 1.64. The molecule has 0 unspecified atom stereocenters. The van der Waals surface area contributed by atoms with Crippen LogP contribution in [0.15, 0.2) is 24.3 Å². The van der Waals surface area contributed by atoms with Gasteiger partial charge in [-0.05, 0) is 55.8 Å². The van der Waals surface area contributed by atoms with E-state index < -0.39 is 0 Å². The molecule has 1 saturated heterocycles. The van der Waals surface area contributed by atoms with Crippen LogP contribution in [0.2, 0.25) is 0 Å². The van der Waals surface area contributed by atoms with E-state index in [0.717, 1.165) is 37.8 Å². The highest BCUT2D eigenvalue weighted by molar-refractivity contribution is 5.94. The molecule has 2 rings (SSSR count). The van der Waals surface area contributed by atoms with E-state index in [9.17, 15) is 4.79 Å². The summed E-state index contributed by atoms with van der Waals surface area (Å²) in [4.78, 5) is 14.7. The van der Waals surface area contributed by atoms with E-state index in [1.165, 1.54) is 19.5 Å². The molecular weight excluding hydrogens is 288 g/mol. The van der Waals surface area contributed by atoms with E-state index in [1.807, 2.05) is 18.2 Å². The topological polar surface area (TPSA) is 41.6 Å². The Morgan fingerprint density at radius 3 is 2.70 bits per heavy atom. The number of methoxy groups -OCH3 is 1. The van der Waals surface area contributed by atoms with Crippen molar-refractivity contribution in [3.05, 3.63) is 29.8 Å². The van der Waals surface area contributed by atoms with Crippen LogP contribution in [0.25, 0.3) is 0 Å². The van der Waals surface area contributed by atoms with Gasteiger partial charge >= 0.3 is 0 Å². The molecule has 4 heteroatoms. The van der Waals surface area contributed by atoms with Crippen LogP contribution in [-0.4, -0.2) is 44.1 Å². The first-order valence-electron chi connectivity index (χ1n) is 8.73.